The van der Waals surface area contributed by atoms with Gasteiger partial charge in [0.15, 0.2) is 0 Å². The van der Waals surface area contributed by atoms with Crippen LogP contribution in [0.25, 0.3) is 0 Å². The summed E-state index contributed by atoms with van der Waals surface area (Å²) in [4.78, 5) is 15.6. The van der Waals surface area contributed by atoms with Crippen molar-refractivity contribution in [2.75, 3.05) is 92.5 Å². The zero-order valence-corrected chi connectivity index (χ0v) is 39.5. The predicted molar refractivity (Wildman–Crippen MR) is 229 cm³/mol. The Morgan fingerprint density at radius 2 is 0.600 bits per heavy atom. The minimum Gasteiger partial charge on any atom is -0.462 e. The van der Waals surface area contributed by atoms with Crippen LogP contribution in [0.5, 0.6) is 0 Å². The van der Waals surface area contributed by atoms with Gasteiger partial charge in [-0.05, 0) is 103 Å². The van der Waals surface area contributed by atoms with Gasteiger partial charge < -0.3 is 61.6 Å². The first-order chi connectivity index (χ1) is 28.4. The first-order valence-electron chi connectivity index (χ1n) is 21.9. The van der Waals surface area contributed by atoms with Crippen molar-refractivity contribution in [1.82, 2.24) is 0 Å². The van der Waals surface area contributed by atoms with Gasteiger partial charge in [0.2, 0.25) is 0 Å². The highest BCUT2D eigenvalue weighted by atomic mass is 17.1. The van der Waals surface area contributed by atoms with Crippen molar-refractivity contribution in [2.24, 2.45) is 0 Å². The molecule has 0 aromatic heterocycles. The number of carbonyl (C=O) groups excluding carboxylic acids is 1. The van der Waals surface area contributed by atoms with Crippen LogP contribution in [0.15, 0.2) is 12.2 Å². The molecular weight excluding hydrogens is 784 g/mol. The Labute approximate surface area is 362 Å². The molecule has 0 saturated heterocycles. The predicted octanol–water partition coefficient (Wildman–Crippen LogP) is 6.24. The summed E-state index contributed by atoms with van der Waals surface area (Å²) >= 11 is 0. The molecule has 0 aliphatic carbocycles. The molecule has 16 heteroatoms. The number of carbonyl (C=O) groups is 1. The third-order valence-corrected chi connectivity index (χ3v) is 8.57. The highest BCUT2D eigenvalue weighted by Gasteiger charge is 2.16. The summed E-state index contributed by atoms with van der Waals surface area (Å²) in [5, 5.41) is 8.62. The van der Waals surface area contributed by atoms with Crippen molar-refractivity contribution >= 4 is 5.97 Å². The van der Waals surface area contributed by atoms with Crippen LogP contribution in [-0.4, -0.2) is 177 Å². The summed E-state index contributed by atoms with van der Waals surface area (Å²) in [5.41, 5.74) is 0.405. The van der Waals surface area contributed by atoms with E-state index in [1.807, 2.05) is 76.2 Å². The Balaban J connectivity index is 3.93. The quantitative estimate of drug-likeness (QED) is 0.0241. The van der Waals surface area contributed by atoms with Gasteiger partial charge in [-0.15, -0.1) is 0 Å². The number of unbranched alkanes of at least 4 members (excludes halogenated alkanes) is 1. The lowest BCUT2D eigenvalue weighted by Crippen LogP contribution is -2.31. The van der Waals surface area contributed by atoms with E-state index in [1.165, 1.54) is 0 Å². The van der Waals surface area contributed by atoms with Gasteiger partial charge in [0.1, 0.15) is 6.10 Å². The number of rotatable bonds is 42. The number of hydrogen-bond donors (Lipinski definition) is 1. The zero-order valence-electron chi connectivity index (χ0n) is 39.5. The van der Waals surface area contributed by atoms with E-state index in [0.717, 1.165) is 12.8 Å². The van der Waals surface area contributed by atoms with Crippen molar-refractivity contribution in [3.8, 4) is 0 Å². The van der Waals surface area contributed by atoms with E-state index in [2.05, 4.69) is 11.5 Å². The van der Waals surface area contributed by atoms with Gasteiger partial charge in [-0.2, -0.15) is 0 Å². The van der Waals surface area contributed by atoms with Crippen LogP contribution in [-0.2, 0) is 71.3 Å². The SMILES string of the molecule is C=C(C)C(=O)OCCCCOCC(C)OCC(C)OCC(C)OCC(C)OCC(C)OCC(C)OCC(C)OCC(C)OCC(C)OCC(C)OCC(C)OCC(C)OO. The van der Waals surface area contributed by atoms with E-state index in [4.69, 9.17) is 66.8 Å². The summed E-state index contributed by atoms with van der Waals surface area (Å²) < 4.78 is 75.4. The van der Waals surface area contributed by atoms with E-state index in [0.29, 0.717) is 91.5 Å². The summed E-state index contributed by atoms with van der Waals surface area (Å²) in [7, 11) is 0. The molecule has 0 aromatic carbocycles. The molecule has 0 aliphatic rings. The van der Waals surface area contributed by atoms with Crippen molar-refractivity contribution < 1.29 is 76.5 Å². The van der Waals surface area contributed by atoms with E-state index in [-0.39, 0.29) is 85.8 Å². The molecule has 0 aromatic rings. The molecule has 358 valence electrons. The van der Waals surface area contributed by atoms with Crippen molar-refractivity contribution in [3.63, 3.8) is 0 Å². The third kappa shape index (κ3) is 36.2. The van der Waals surface area contributed by atoms with E-state index in [9.17, 15) is 4.79 Å². The van der Waals surface area contributed by atoms with Crippen LogP contribution >= 0.6 is 0 Å². The molecule has 0 amide bonds. The Morgan fingerprint density at radius 1 is 0.383 bits per heavy atom. The van der Waals surface area contributed by atoms with E-state index < -0.39 is 0 Å². The lowest BCUT2D eigenvalue weighted by molar-refractivity contribution is -0.284. The van der Waals surface area contributed by atoms with Gasteiger partial charge in [0, 0.05) is 12.2 Å². The summed E-state index contributed by atoms with van der Waals surface area (Å²) in [5.74, 6) is -0.358. The van der Waals surface area contributed by atoms with E-state index in [1.54, 1.807) is 13.8 Å². The van der Waals surface area contributed by atoms with Crippen LogP contribution < -0.4 is 0 Å². The van der Waals surface area contributed by atoms with Gasteiger partial charge in [-0.3, -0.25) is 5.26 Å². The average Bonchev–Trinajstić information content (AvgIpc) is 3.22. The molecule has 12 atom stereocenters. The zero-order chi connectivity index (χ0) is 45.3. The van der Waals surface area contributed by atoms with Gasteiger partial charge >= 0.3 is 5.97 Å². The van der Waals surface area contributed by atoms with E-state index >= 15 is 0 Å². The largest absolute Gasteiger partial charge is 0.462 e. The summed E-state index contributed by atoms with van der Waals surface area (Å²) in [6.45, 7) is 34.6. The van der Waals surface area contributed by atoms with Crippen molar-refractivity contribution in [1.29, 1.82) is 0 Å². The second-order valence-electron chi connectivity index (χ2n) is 16.2. The van der Waals surface area contributed by atoms with Crippen molar-refractivity contribution in [2.45, 2.75) is 176 Å². The second-order valence-corrected chi connectivity index (χ2v) is 16.2. The fraction of sp³-hybridized carbons (Fsp3) is 0.932. The molecule has 16 nitrogen and oxygen atoms in total. The third-order valence-electron chi connectivity index (χ3n) is 8.57. The van der Waals surface area contributed by atoms with Crippen LogP contribution in [0.3, 0.4) is 0 Å². The maximum Gasteiger partial charge on any atom is 0.333 e. The Kier molecular flexibility index (Phi) is 36.2. The summed E-state index contributed by atoms with van der Waals surface area (Å²) in [6, 6.07) is 0. The summed E-state index contributed by atoms with van der Waals surface area (Å²) in [6.07, 6.45) is 0.0475. The number of esters is 1. The highest BCUT2D eigenvalue weighted by Crippen LogP contribution is 2.08. The first kappa shape index (κ1) is 58.6. The fourth-order valence-electron chi connectivity index (χ4n) is 4.70. The first-order valence-corrected chi connectivity index (χ1v) is 21.9. The topological polar surface area (TPSA) is 167 Å². The molecule has 0 rings (SSSR count). The molecule has 1 N–H and O–H groups in total. The lowest BCUT2D eigenvalue weighted by Gasteiger charge is -2.23. The molecule has 0 spiro atoms. The van der Waals surface area contributed by atoms with Gasteiger partial charge in [-0.25, -0.2) is 9.68 Å². The average molecular weight is 871 g/mol. The minimum atomic E-state index is -0.386. The molecule has 0 saturated carbocycles. The molecule has 0 aliphatic heterocycles. The van der Waals surface area contributed by atoms with Crippen LogP contribution in [0, 0.1) is 0 Å². The van der Waals surface area contributed by atoms with Crippen LogP contribution in [0.4, 0.5) is 0 Å². The van der Waals surface area contributed by atoms with Gasteiger partial charge in [-0.1, -0.05) is 6.58 Å². The molecular formula is C44H86O16. The number of ether oxygens (including phenoxy) is 13. The smallest absolute Gasteiger partial charge is 0.333 e. The monoisotopic (exact) mass is 871 g/mol. The minimum absolute atomic E-state index is 0.0626. The Morgan fingerprint density at radius 3 is 0.833 bits per heavy atom. The highest BCUT2D eigenvalue weighted by molar-refractivity contribution is 5.86. The molecule has 0 radical (unpaired) electrons. The Hall–Kier alpha value is -1.35. The maximum absolute atomic E-state index is 11.4. The van der Waals surface area contributed by atoms with Gasteiger partial charge in [0.05, 0.1) is 153 Å². The van der Waals surface area contributed by atoms with Crippen LogP contribution in [0.1, 0.15) is 103 Å². The fourth-order valence-corrected chi connectivity index (χ4v) is 4.70. The second kappa shape index (κ2) is 37.1. The maximum atomic E-state index is 11.4. The van der Waals surface area contributed by atoms with Gasteiger partial charge in [0.25, 0.3) is 0 Å². The lowest BCUT2D eigenvalue weighted by atomic mass is 10.3. The standard InChI is InChI=1S/C44H86O16/c1-31(2)44(45)48-18-16-15-17-47-19-32(3)49-20-33(4)50-21-34(5)51-22-35(6)52-23-36(7)53-24-37(8)54-25-38(9)55-26-39(10)56-27-40(11)57-28-41(12)58-29-42(13)59-30-43(14)60-46/h32-43,46H,1,15-30H2,2-14H3. The molecule has 12 unspecified atom stereocenters. The van der Waals surface area contributed by atoms with Crippen molar-refractivity contribution in [3.05, 3.63) is 12.2 Å². The molecule has 60 heavy (non-hydrogen) atoms. The molecule has 0 bridgehead atoms. The molecule has 0 fully saturated rings. The number of hydrogen-bond acceptors (Lipinski definition) is 16. The Bertz CT molecular complexity index is 1020. The molecule has 0 heterocycles. The van der Waals surface area contributed by atoms with Crippen LogP contribution in [0.2, 0.25) is 0 Å². The normalized spacial score (nSPS) is 18.1.